The quantitative estimate of drug-likeness (QED) is 0.513. The molecule has 0 saturated heterocycles. The summed E-state index contributed by atoms with van der Waals surface area (Å²) in [5, 5.41) is 0. The molecule has 0 N–H and O–H groups in total. The van der Waals surface area contributed by atoms with Gasteiger partial charge in [-0.2, -0.15) is 0 Å². The molecule has 1 aliphatic rings. The number of hydrogen-bond acceptors (Lipinski definition) is 8. The zero-order valence-corrected chi connectivity index (χ0v) is 19.2. The lowest BCUT2D eigenvalue weighted by Gasteiger charge is -2.20. The summed E-state index contributed by atoms with van der Waals surface area (Å²) in [6.07, 6.45) is -1.29. The smallest absolute Gasteiger partial charge is 0.357 e. The fourth-order valence-electron chi connectivity index (χ4n) is 3.49. The van der Waals surface area contributed by atoms with Gasteiger partial charge >= 0.3 is 11.9 Å². The lowest BCUT2D eigenvalue weighted by atomic mass is 10.1. The predicted molar refractivity (Wildman–Crippen MR) is 126 cm³/mol. The minimum absolute atomic E-state index is 0.00246. The number of cyclic esters (lactones) is 2. The van der Waals surface area contributed by atoms with E-state index in [2.05, 4.69) is 4.98 Å². The van der Waals surface area contributed by atoms with Crippen molar-refractivity contribution in [1.82, 2.24) is 4.98 Å². The van der Waals surface area contributed by atoms with Gasteiger partial charge in [-0.25, -0.2) is 14.6 Å². The van der Waals surface area contributed by atoms with E-state index in [1.54, 1.807) is 6.07 Å². The number of rotatable bonds is 2. The van der Waals surface area contributed by atoms with Gasteiger partial charge in [0.15, 0.2) is 12.2 Å². The van der Waals surface area contributed by atoms with Crippen molar-refractivity contribution in [1.29, 1.82) is 0 Å². The summed E-state index contributed by atoms with van der Waals surface area (Å²) in [4.78, 5) is 30.0. The highest BCUT2D eigenvalue weighted by molar-refractivity contribution is 5.91. The average Bonchev–Trinajstić information content (AvgIpc) is 2.91. The normalized spacial score (nSPS) is 20.7. The maximum absolute atomic E-state index is 12.9. The Hall–Kier alpha value is -3.59. The number of fused-ring (bicyclic) bond motifs is 2. The number of hydrogen-bond donors (Lipinski definition) is 0. The summed E-state index contributed by atoms with van der Waals surface area (Å²) < 4.78 is 28.4. The molecular weight excluding hydrogens is 450 g/mol. The van der Waals surface area contributed by atoms with Crippen LogP contribution in [0.25, 0.3) is 0 Å². The van der Waals surface area contributed by atoms with Crippen LogP contribution in [0, 0.1) is 0 Å². The van der Waals surface area contributed by atoms with E-state index in [0.717, 1.165) is 11.1 Å². The van der Waals surface area contributed by atoms with Crippen LogP contribution < -0.4 is 0 Å². The second-order valence-electron chi connectivity index (χ2n) is 7.78. The van der Waals surface area contributed by atoms with Crippen LogP contribution in [0.2, 0.25) is 0 Å². The van der Waals surface area contributed by atoms with Crippen LogP contribution in [0.1, 0.15) is 44.3 Å². The van der Waals surface area contributed by atoms with Crippen molar-refractivity contribution in [2.24, 2.45) is 0 Å². The average molecular weight is 478 g/mol. The van der Waals surface area contributed by atoms with E-state index < -0.39 is 24.1 Å². The Balaban J connectivity index is 1.56. The molecular formula is C27H27NO7. The predicted octanol–water partition coefficient (Wildman–Crippen LogP) is 3.94. The first-order chi connectivity index (χ1) is 17.2. The van der Waals surface area contributed by atoms with E-state index >= 15 is 0 Å². The number of nitrogens with zero attached hydrogens (tertiary/aromatic N) is 1. The molecule has 3 aromatic rings. The number of ether oxygens (including phenoxy) is 5. The van der Waals surface area contributed by atoms with Crippen molar-refractivity contribution in [2.45, 2.75) is 12.2 Å². The van der Waals surface area contributed by atoms with E-state index in [-0.39, 0.29) is 24.6 Å². The topological polar surface area (TPSA) is 93.2 Å². The maximum Gasteiger partial charge on any atom is 0.357 e. The zero-order chi connectivity index (χ0) is 24.3. The first-order valence-corrected chi connectivity index (χ1v) is 11.4. The number of carbonyl (C=O) groups excluding carboxylic acids is 2. The van der Waals surface area contributed by atoms with Crippen molar-refractivity contribution >= 4 is 11.9 Å². The fourth-order valence-corrected chi connectivity index (χ4v) is 3.49. The zero-order valence-electron chi connectivity index (χ0n) is 19.2. The summed E-state index contributed by atoms with van der Waals surface area (Å²) in [6, 6.07) is 23.1. The molecule has 0 unspecified atom stereocenters. The second-order valence-corrected chi connectivity index (χ2v) is 7.78. The van der Waals surface area contributed by atoms with Gasteiger partial charge in [-0.1, -0.05) is 66.7 Å². The number of aromatic nitrogens is 1. The van der Waals surface area contributed by atoms with Gasteiger partial charge in [-0.15, -0.1) is 0 Å². The number of benzene rings is 2. The Kier molecular flexibility index (Phi) is 8.94. The first kappa shape index (κ1) is 24.5. The molecule has 0 aliphatic carbocycles. The molecule has 2 aromatic carbocycles. The van der Waals surface area contributed by atoms with Gasteiger partial charge in [-0.3, -0.25) is 0 Å². The van der Waals surface area contributed by atoms with Gasteiger partial charge in [0.1, 0.15) is 11.4 Å². The molecule has 0 amide bonds. The monoisotopic (exact) mass is 477 g/mol. The maximum atomic E-state index is 12.9. The molecule has 2 bridgehead atoms. The summed E-state index contributed by atoms with van der Waals surface area (Å²) in [5.74, 6) is -1.34. The molecule has 8 nitrogen and oxygen atoms in total. The third-order valence-electron chi connectivity index (χ3n) is 5.29. The van der Waals surface area contributed by atoms with E-state index in [9.17, 15) is 9.59 Å². The molecule has 0 fully saturated rings. The molecule has 4 rings (SSSR count). The minimum atomic E-state index is -0.669. The number of carbonyl (C=O) groups is 2. The van der Waals surface area contributed by atoms with Gasteiger partial charge in [0.2, 0.25) is 0 Å². The van der Waals surface area contributed by atoms with Crippen LogP contribution in [0.3, 0.4) is 0 Å². The van der Waals surface area contributed by atoms with Crippen LogP contribution in [0.15, 0.2) is 78.9 Å². The summed E-state index contributed by atoms with van der Waals surface area (Å²) in [5.41, 5.74) is 1.56. The van der Waals surface area contributed by atoms with Gasteiger partial charge in [0.05, 0.1) is 39.6 Å². The molecule has 0 saturated carbocycles. The lowest BCUT2D eigenvalue weighted by molar-refractivity contribution is -0.0359. The van der Waals surface area contributed by atoms with Crippen molar-refractivity contribution in [2.75, 3.05) is 39.6 Å². The summed E-state index contributed by atoms with van der Waals surface area (Å²) in [6.45, 7) is 1.68. The Morgan fingerprint density at radius 3 is 1.43 bits per heavy atom. The Morgan fingerprint density at radius 1 is 0.543 bits per heavy atom. The van der Waals surface area contributed by atoms with E-state index in [4.69, 9.17) is 23.7 Å². The molecule has 0 spiro atoms. The lowest BCUT2D eigenvalue weighted by Crippen LogP contribution is -2.22. The van der Waals surface area contributed by atoms with Gasteiger partial charge in [-0.05, 0) is 23.3 Å². The largest absolute Gasteiger partial charge is 0.450 e. The molecule has 8 heteroatoms. The van der Waals surface area contributed by atoms with Gasteiger partial charge in [0, 0.05) is 0 Å². The SMILES string of the molecule is O=C1O[C@H](c2ccccc2)COCCOCCOC[C@@H](c2ccccc2)OC(=O)c2cccc1n2. The first-order valence-electron chi connectivity index (χ1n) is 11.4. The third-order valence-corrected chi connectivity index (χ3v) is 5.29. The van der Waals surface area contributed by atoms with Gasteiger partial charge < -0.3 is 23.7 Å². The van der Waals surface area contributed by atoms with Crippen LogP contribution >= 0.6 is 0 Å². The fraction of sp³-hybridized carbons (Fsp3) is 0.296. The van der Waals surface area contributed by atoms with Crippen LogP contribution in [-0.2, 0) is 23.7 Å². The van der Waals surface area contributed by atoms with E-state index in [0.29, 0.717) is 26.4 Å². The van der Waals surface area contributed by atoms with Crippen molar-refractivity contribution in [3.8, 4) is 0 Å². The van der Waals surface area contributed by atoms with E-state index in [1.807, 2.05) is 60.7 Å². The summed E-state index contributed by atoms with van der Waals surface area (Å²) >= 11 is 0. The van der Waals surface area contributed by atoms with Gasteiger partial charge in [0.25, 0.3) is 0 Å². The molecule has 2 atom stereocenters. The van der Waals surface area contributed by atoms with Crippen LogP contribution in [0.5, 0.6) is 0 Å². The highest BCUT2D eigenvalue weighted by Crippen LogP contribution is 2.21. The Morgan fingerprint density at radius 2 is 0.971 bits per heavy atom. The molecule has 1 aliphatic heterocycles. The molecule has 2 heterocycles. The third kappa shape index (κ3) is 7.19. The Labute approximate surface area is 203 Å². The minimum Gasteiger partial charge on any atom is -0.450 e. The van der Waals surface area contributed by atoms with Crippen LogP contribution in [0.4, 0.5) is 0 Å². The molecule has 1 aromatic heterocycles. The number of esters is 2. The standard InChI is InChI=1S/C27H27NO7/c29-26-22-12-7-13-23(28-22)27(30)35-25(21-10-5-2-6-11-21)19-33-17-15-31-14-16-32-18-24(34-26)20-8-3-1-4-9-20/h1-13,24-25H,14-19H2/t24-,25-/m0/s1. The highest BCUT2D eigenvalue weighted by Gasteiger charge is 2.23. The molecule has 35 heavy (non-hydrogen) atoms. The van der Waals surface area contributed by atoms with Crippen molar-refractivity contribution in [3.05, 3.63) is 101 Å². The molecule has 182 valence electrons. The Bertz CT molecular complexity index is 1010. The summed E-state index contributed by atoms with van der Waals surface area (Å²) in [7, 11) is 0. The highest BCUT2D eigenvalue weighted by atomic mass is 16.6. The van der Waals surface area contributed by atoms with Crippen molar-refractivity contribution < 1.29 is 33.3 Å². The second kappa shape index (κ2) is 12.8. The van der Waals surface area contributed by atoms with E-state index in [1.165, 1.54) is 12.1 Å². The number of pyridine rings is 1. The van der Waals surface area contributed by atoms with Crippen LogP contribution in [-0.4, -0.2) is 56.6 Å². The van der Waals surface area contributed by atoms with Crippen molar-refractivity contribution in [3.63, 3.8) is 0 Å². The molecule has 0 radical (unpaired) electrons.